The molecule has 0 amide bonds. The third kappa shape index (κ3) is 1.75. The fourth-order valence-electron chi connectivity index (χ4n) is 2.02. The van der Waals surface area contributed by atoms with Gasteiger partial charge in [-0.3, -0.25) is 0 Å². The molecule has 1 heterocycles. The number of fused-ring (bicyclic) bond motifs is 1. The maximum atomic E-state index is 11.9. The molecule has 0 N–H and O–H groups in total. The van der Waals surface area contributed by atoms with Crippen molar-refractivity contribution >= 4 is 26.2 Å². The Morgan fingerprint density at radius 1 is 1.00 bits per heavy atom. The van der Waals surface area contributed by atoms with Crippen LogP contribution in [0.3, 0.4) is 0 Å². The van der Waals surface area contributed by atoms with Crippen molar-refractivity contribution in [2.75, 3.05) is 0 Å². The molecule has 0 spiro atoms. The molecule has 0 radical (unpaired) electrons. The van der Waals surface area contributed by atoms with Gasteiger partial charge >= 0.3 is 110 Å². The Morgan fingerprint density at radius 3 is 2.18 bits per heavy atom. The van der Waals surface area contributed by atoms with Crippen molar-refractivity contribution < 1.29 is 7.86 Å². The van der Waals surface area contributed by atoms with E-state index in [-0.39, 0.29) is 5.97 Å². The summed E-state index contributed by atoms with van der Waals surface area (Å²) in [6.45, 7) is 10.0. The summed E-state index contributed by atoms with van der Waals surface area (Å²) in [5.41, 5.74) is 5.51. The Bertz CT molecular complexity index is 576. The van der Waals surface area contributed by atoms with E-state index in [1.54, 1.807) is 6.92 Å². The van der Waals surface area contributed by atoms with Gasteiger partial charge in [0, 0.05) is 0 Å². The number of carbonyl (C=O) groups excluding carboxylic acids is 1. The van der Waals surface area contributed by atoms with Crippen molar-refractivity contribution in [2.45, 2.75) is 34.6 Å². The summed E-state index contributed by atoms with van der Waals surface area (Å²) in [4.78, 5) is 11.9. The van der Waals surface area contributed by atoms with E-state index in [1.165, 1.54) is 16.7 Å². The van der Waals surface area contributed by atoms with Crippen molar-refractivity contribution in [2.24, 2.45) is 0 Å². The van der Waals surface area contributed by atoms with E-state index in [2.05, 4.69) is 30.6 Å². The average molecular weight is 342 g/mol. The molecule has 1 aliphatic rings. The third-order valence-corrected chi connectivity index (χ3v) is 7.51. The minimum absolute atomic E-state index is 0.170. The number of carbonyl (C=O) groups is 1. The van der Waals surface area contributed by atoms with E-state index in [0.717, 1.165) is 14.7 Å². The van der Waals surface area contributed by atoms with E-state index in [1.807, 2.05) is 6.92 Å². The molecule has 90 valence electrons. The molecule has 0 saturated heterocycles. The van der Waals surface area contributed by atoms with Gasteiger partial charge in [-0.1, -0.05) is 0 Å². The number of hydrogen-bond donors (Lipinski definition) is 0. The molecule has 0 bridgehead atoms. The predicted octanol–water partition coefficient (Wildman–Crippen LogP) is 3.66. The van der Waals surface area contributed by atoms with E-state index in [0.29, 0.717) is 0 Å². The summed E-state index contributed by atoms with van der Waals surface area (Å²) in [5, 5.41) is 0. The van der Waals surface area contributed by atoms with Crippen LogP contribution in [0.25, 0.3) is 0 Å². The second-order valence-electron chi connectivity index (χ2n) is 4.15. The summed E-state index contributed by atoms with van der Waals surface area (Å²) in [6, 6.07) is 0. The molecule has 2 rings (SSSR count). The van der Waals surface area contributed by atoms with Gasteiger partial charge in [-0.25, -0.2) is 0 Å². The van der Waals surface area contributed by atoms with E-state index in [4.69, 9.17) is 3.07 Å². The molecule has 2 nitrogen and oxygen atoms in total. The van der Waals surface area contributed by atoms with Crippen LogP contribution in [-0.2, 0) is 3.07 Å². The van der Waals surface area contributed by atoms with Crippen LogP contribution in [0.1, 0.15) is 39.5 Å². The van der Waals surface area contributed by atoms with Crippen LogP contribution in [0.5, 0.6) is 0 Å². The van der Waals surface area contributed by atoms with Crippen LogP contribution in [0.15, 0.2) is 0 Å². The Labute approximate surface area is 110 Å². The second-order valence-corrected chi connectivity index (χ2v) is 7.63. The second kappa shape index (κ2) is 4.34. The van der Waals surface area contributed by atoms with Crippen LogP contribution in [0.2, 0.25) is 0 Å². The molecule has 0 unspecified atom stereocenters. The zero-order chi connectivity index (χ0) is 12.7. The zero-order valence-corrected chi connectivity index (χ0v) is 12.9. The van der Waals surface area contributed by atoms with Gasteiger partial charge in [0.2, 0.25) is 0 Å². The van der Waals surface area contributed by atoms with Crippen molar-refractivity contribution in [1.29, 1.82) is 0 Å². The quantitative estimate of drug-likeness (QED) is 0.531. The third-order valence-electron chi connectivity index (χ3n) is 3.31. The standard InChI is InChI=1S/C14H15IO2/c1-6-7-15-13-11(5)9(3)8(2)10(4)12(13)14(16)17-15/h1-5H3. The summed E-state index contributed by atoms with van der Waals surface area (Å²) in [7, 11) is 0. The molecule has 1 aromatic carbocycles. The van der Waals surface area contributed by atoms with Gasteiger partial charge in [-0.05, 0) is 0 Å². The summed E-state index contributed by atoms with van der Waals surface area (Å²) >= 11 is -2.05. The molecule has 1 aromatic rings. The van der Waals surface area contributed by atoms with Gasteiger partial charge < -0.3 is 0 Å². The summed E-state index contributed by atoms with van der Waals surface area (Å²) < 4.78 is 9.72. The summed E-state index contributed by atoms with van der Waals surface area (Å²) in [6.07, 6.45) is 0. The Hall–Kier alpha value is -1.02. The normalized spacial score (nSPS) is 15.1. The van der Waals surface area contributed by atoms with Crippen LogP contribution in [0.4, 0.5) is 0 Å². The monoisotopic (exact) mass is 342 g/mol. The van der Waals surface area contributed by atoms with E-state index in [9.17, 15) is 4.79 Å². The maximum absolute atomic E-state index is 11.9. The molecule has 0 saturated carbocycles. The molecule has 0 aliphatic carbocycles. The van der Waals surface area contributed by atoms with Crippen molar-refractivity contribution in [3.8, 4) is 9.85 Å². The Balaban J connectivity index is 2.81. The average Bonchev–Trinajstić information content (AvgIpc) is 2.61. The Morgan fingerprint density at radius 2 is 1.59 bits per heavy atom. The molecule has 0 atom stereocenters. The van der Waals surface area contributed by atoms with Gasteiger partial charge in [0.05, 0.1) is 0 Å². The fraction of sp³-hybridized carbons (Fsp3) is 0.357. The molecule has 1 aliphatic heterocycles. The van der Waals surface area contributed by atoms with Crippen molar-refractivity contribution in [3.63, 3.8) is 0 Å². The zero-order valence-electron chi connectivity index (χ0n) is 10.7. The first-order chi connectivity index (χ1) is 7.99. The topological polar surface area (TPSA) is 26.3 Å². The van der Waals surface area contributed by atoms with E-state index >= 15 is 0 Å². The predicted molar refractivity (Wildman–Crippen MR) is 77.0 cm³/mol. The number of rotatable bonds is 0. The van der Waals surface area contributed by atoms with Crippen LogP contribution in [0, 0.1) is 41.1 Å². The van der Waals surface area contributed by atoms with Gasteiger partial charge in [0.25, 0.3) is 0 Å². The van der Waals surface area contributed by atoms with Gasteiger partial charge in [0.15, 0.2) is 0 Å². The van der Waals surface area contributed by atoms with Crippen molar-refractivity contribution in [1.82, 2.24) is 0 Å². The first-order valence-electron chi connectivity index (χ1n) is 5.44. The molecule has 3 heteroatoms. The van der Waals surface area contributed by atoms with Crippen LogP contribution >= 0.6 is 20.2 Å². The number of hydrogen-bond acceptors (Lipinski definition) is 2. The first kappa shape index (κ1) is 12.4. The Kier molecular flexibility index (Phi) is 3.17. The van der Waals surface area contributed by atoms with Crippen molar-refractivity contribution in [3.05, 3.63) is 31.4 Å². The number of benzene rings is 1. The van der Waals surface area contributed by atoms with Gasteiger partial charge in [-0.15, -0.1) is 0 Å². The SMILES string of the molecule is CC#CI1OC(=O)c2c(C)c(C)c(C)c(C)c21. The molecular formula is C14H15IO2. The van der Waals surface area contributed by atoms with Crippen LogP contribution in [-0.4, -0.2) is 5.97 Å². The fourth-order valence-corrected chi connectivity index (χ4v) is 5.99. The molecule has 0 fully saturated rings. The van der Waals surface area contributed by atoms with Gasteiger partial charge in [0.1, 0.15) is 0 Å². The minimum atomic E-state index is -2.05. The molecular weight excluding hydrogens is 327 g/mol. The number of halogens is 1. The van der Waals surface area contributed by atoms with E-state index < -0.39 is 20.2 Å². The molecule has 0 aromatic heterocycles. The van der Waals surface area contributed by atoms with Gasteiger partial charge in [-0.2, -0.15) is 0 Å². The summed E-state index contributed by atoms with van der Waals surface area (Å²) in [5.74, 6) is 2.72. The van der Waals surface area contributed by atoms with Crippen LogP contribution < -0.4 is 0 Å². The first-order valence-corrected chi connectivity index (χ1v) is 8.48. The molecule has 17 heavy (non-hydrogen) atoms.